The second-order valence-electron chi connectivity index (χ2n) is 8.89. The number of para-hydroxylation sites is 1. The molecule has 0 saturated carbocycles. The lowest BCUT2D eigenvalue weighted by atomic mass is 10.0. The SMILES string of the molecule is COC(=O)N[C@H](C(=O)N1CN(c2ccccc2)C[C@H]1C(=O)NCC(=O)c1ccc(C)cc1)C(C)C. The predicted octanol–water partition coefficient (Wildman–Crippen LogP) is 2.35. The van der Waals surface area contributed by atoms with Crippen LogP contribution in [0.25, 0.3) is 0 Å². The Hall–Kier alpha value is -3.88. The number of ketones is 1. The minimum atomic E-state index is -0.873. The van der Waals surface area contributed by atoms with Gasteiger partial charge in [-0.1, -0.05) is 61.9 Å². The molecule has 9 heteroatoms. The van der Waals surface area contributed by atoms with Crippen LogP contribution in [-0.4, -0.2) is 67.5 Å². The summed E-state index contributed by atoms with van der Waals surface area (Å²) in [5.74, 6) is -1.28. The number of nitrogens with zero attached hydrogens (tertiary/aromatic N) is 2. The van der Waals surface area contributed by atoms with Crippen molar-refractivity contribution in [2.75, 3.05) is 31.8 Å². The average molecular weight is 481 g/mol. The van der Waals surface area contributed by atoms with E-state index in [9.17, 15) is 19.2 Å². The van der Waals surface area contributed by atoms with Gasteiger partial charge in [-0.3, -0.25) is 14.4 Å². The third-order valence-electron chi connectivity index (χ3n) is 5.99. The minimum absolute atomic E-state index is 0.166. The van der Waals surface area contributed by atoms with Crippen LogP contribution in [0, 0.1) is 12.8 Å². The van der Waals surface area contributed by atoms with E-state index in [-0.39, 0.29) is 31.5 Å². The lowest BCUT2D eigenvalue weighted by molar-refractivity contribution is -0.140. The molecule has 186 valence electrons. The molecule has 1 fully saturated rings. The molecule has 3 rings (SSSR count). The van der Waals surface area contributed by atoms with E-state index in [2.05, 4.69) is 15.4 Å². The highest BCUT2D eigenvalue weighted by atomic mass is 16.5. The summed E-state index contributed by atoms with van der Waals surface area (Å²) < 4.78 is 4.67. The van der Waals surface area contributed by atoms with Gasteiger partial charge in [-0.25, -0.2) is 4.79 Å². The highest BCUT2D eigenvalue weighted by molar-refractivity contribution is 6.00. The number of rotatable bonds is 8. The molecule has 2 atom stereocenters. The van der Waals surface area contributed by atoms with Crippen molar-refractivity contribution in [1.82, 2.24) is 15.5 Å². The molecular weight excluding hydrogens is 448 g/mol. The fraction of sp³-hybridized carbons (Fsp3) is 0.385. The van der Waals surface area contributed by atoms with Crippen LogP contribution in [-0.2, 0) is 14.3 Å². The van der Waals surface area contributed by atoms with Gasteiger partial charge in [0, 0.05) is 17.8 Å². The number of nitrogens with one attached hydrogen (secondary N) is 2. The molecule has 0 unspecified atom stereocenters. The van der Waals surface area contributed by atoms with E-state index in [1.165, 1.54) is 12.0 Å². The Morgan fingerprint density at radius 3 is 2.29 bits per heavy atom. The van der Waals surface area contributed by atoms with Crippen LogP contribution in [0.2, 0.25) is 0 Å². The number of carbonyl (C=O) groups is 4. The predicted molar refractivity (Wildman–Crippen MR) is 132 cm³/mol. The van der Waals surface area contributed by atoms with Gasteiger partial charge in [-0.05, 0) is 25.0 Å². The van der Waals surface area contributed by atoms with E-state index in [0.29, 0.717) is 5.56 Å². The van der Waals surface area contributed by atoms with Gasteiger partial charge >= 0.3 is 6.09 Å². The molecule has 35 heavy (non-hydrogen) atoms. The highest BCUT2D eigenvalue weighted by Gasteiger charge is 2.42. The summed E-state index contributed by atoms with van der Waals surface area (Å²) in [5.41, 5.74) is 2.40. The Bertz CT molecular complexity index is 1060. The number of hydrogen-bond acceptors (Lipinski definition) is 6. The number of Topliss-reactive ketones (excluding diaryl/α,β-unsaturated/α-hetero) is 1. The molecule has 1 aliphatic rings. The van der Waals surface area contributed by atoms with Gasteiger partial charge in [-0.15, -0.1) is 0 Å². The third-order valence-corrected chi connectivity index (χ3v) is 5.99. The van der Waals surface area contributed by atoms with E-state index in [1.807, 2.05) is 54.3 Å². The van der Waals surface area contributed by atoms with Gasteiger partial charge in [0.25, 0.3) is 0 Å². The van der Waals surface area contributed by atoms with Crippen LogP contribution in [0.4, 0.5) is 10.5 Å². The number of aryl methyl sites for hydroxylation is 1. The summed E-state index contributed by atoms with van der Waals surface area (Å²) in [6.07, 6.45) is -0.721. The zero-order chi connectivity index (χ0) is 25.5. The number of anilines is 1. The van der Waals surface area contributed by atoms with Crippen LogP contribution in [0.5, 0.6) is 0 Å². The number of benzene rings is 2. The lowest BCUT2D eigenvalue weighted by Gasteiger charge is -2.29. The maximum absolute atomic E-state index is 13.5. The largest absolute Gasteiger partial charge is 0.453 e. The van der Waals surface area contributed by atoms with Crippen LogP contribution in [0.1, 0.15) is 29.8 Å². The van der Waals surface area contributed by atoms with Crippen molar-refractivity contribution < 1.29 is 23.9 Å². The van der Waals surface area contributed by atoms with Crippen molar-refractivity contribution in [1.29, 1.82) is 0 Å². The lowest BCUT2D eigenvalue weighted by Crippen LogP contribution is -2.56. The molecular formula is C26H32N4O5. The zero-order valence-corrected chi connectivity index (χ0v) is 20.5. The molecule has 2 aromatic rings. The molecule has 0 spiro atoms. The summed E-state index contributed by atoms with van der Waals surface area (Å²) in [6, 6.07) is 14.9. The van der Waals surface area contributed by atoms with Crippen molar-refractivity contribution >= 4 is 29.4 Å². The molecule has 1 heterocycles. The number of methoxy groups -OCH3 is 1. The highest BCUT2D eigenvalue weighted by Crippen LogP contribution is 2.23. The maximum atomic E-state index is 13.5. The molecule has 0 bridgehead atoms. The van der Waals surface area contributed by atoms with Gasteiger partial charge in [0.15, 0.2) is 5.78 Å². The molecule has 0 radical (unpaired) electrons. The van der Waals surface area contributed by atoms with Gasteiger partial charge in [-0.2, -0.15) is 0 Å². The summed E-state index contributed by atoms with van der Waals surface area (Å²) in [5, 5.41) is 5.27. The van der Waals surface area contributed by atoms with Crippen molar-refractivity contribution in [3.63, 3.8) is 0 Å². The van der Waals surface area contributed by atoms with Crippen LogP contribution >= 0.6 is 0 Å². The van der Waals surface area contributed by atoms with Crippen LogP contribution < -0.4 is 15.5 Å². The monoisotopic (exact) mass is 480 g/mol. The second kappa shape index (κ2) is 11.5. The average Bonchev–Trinajstić information content (AvgIpc) is 3.31. The Kier molecular flexibility index (Phi) is 8.46. The first-order valence-corrected chi connectivity index (χ1v) is 11.5. The van der Waals surface area contributed by atoms with E-state index < -0.39 is 30.0 Å². The summed E-state index contributed by atoms with van der Waals surface area (Å²) in [6.45, 7) is 5.78. The van der Waals surface area contributed by atoms with Crippen LogP contribution in [0.3, 0.4) is 0 Å². The number of amides is 3. The Morgan fingerprint density at radius 2 is 1.69 bits per heavy atom. The Labute approximate surface area is 205 Å². The normalized spacial score (nSPS) is 16.1. The number of hydrogen-bond donors (Lipinski definition) is 2. The maximum Gasteiger partial charge on any atom is 0.407 e. The summed E-state index contributed by atoms with van der Waals surface area (Å²) in [7, 11) is 1.23. The van der Waals surface area contributed by atoms with Gasteiger partial charge < -0.3 is 25.2 Å². The first-order valence-electron chi connectivity index (χ1n) is 11.5. The molecule has 0 aliphatic carbocycles. The fourth-order valence-electron chi connectivity index (χ4n) is 3.93. The van der Waals surface area contributed by atoms with E-state index >= 15 is 0 Å². The zero-order valence-electron chi connectivity index (χ0n) is 20.5. The fourth-order valence-corrected chi connectivity index (χ4v) is 3.93. The van der Waals surface area contributed by atoms with Gasteiger partial charge in [0.2, 0.25) is 11.8 Å². The molecule has 3 amide bonds. The molecule has 1 aliphatic heterocycles. The van der Waals surface area contributed by atoms with E-state index in [4.69, 9.17) is 0 Å². The topological polar surface area (TPSA) is 108 Å². The quantitative estimate of drug-likeness (QED) is 0.562. The van der Waals surface area contributed by atoms with Crippen molar-refractivity contribution in [2.24, 2.45) is 5.92 Å². The van der Waals surface area contributed by atoms with Crippen molar-refractivity contribution in [3.8, 4) is 0 Å². The van der Waals surface area contributed by atoms with Gasteiger partial charge in [0.1, 0.15) is 12.1 Å². The number of ether oxygens (including phenoxy) is 1. The Balaban J connectivity index is 1.78. The van der Waals surface area contributed by atoms with Crippen molar-refractivity contribution in [2.45, 2.75) is 32.9 Å². The first-order chi connectivity index (χ1) is 16.7. The van der Waals surface area contributed by atoms with E-state index in [0.717, 1.165) is 11.3 Å². The standard InChI is InChI=1S/C26H32N4O5/c1-17(2)23(28-26(34)35-4)25(33)30-16-29(20-8-6-5-7-9-20)15-21(30)24(32)27-14-22(31)19-12-10-18(3)11-13-19/h5-13,17,21,23H,14-16H2,1-4H3,(H,27,32)(H,28,34)/t21-,23-/m0/s1. The first kappa shape index (κ1) is 25.7. The number of alkyl carbamates (subject to hydrolysis) is 1. The molecule has 0 aromatic heterocycles. The number of carbonyl (C=O) groups excluding carboxylic acids is 4. The smallest absolute Gasteiger partial charge is 0.407 e. The summed E-state index contributed by atoms with van der Waals surface area (Å²) in [4.78, 5) is 54.5. The molecule has 2 N–H and O–H groups in total. The van der Waals surface area contributed by atoms with E-state index in [1.54, 1.807) is 26.0 Å². The summed E-state index contributed by atoms with van der Waals surface area (Å²) >= 11 is 0. The Morgan fingerprint density at radius 1 is 1.03 bits per heavy atom. The molecule has 9 nitrogen and oxygen atoms in total. The minimum Gasteiger partial charge on any atom is -0.453 e. The van der Waals surface area contributed by atoms with Crippen LogP contribution in [0.15, 0.2) is 54.6 Å². The molecule has 2 aromatic carbocycles. The second-order valence-corrected chi connectivity index (χ2v) is 8.89. The van der Waals surface area contributed by atoms with Gasteiger partial charge in [0.05, 0.1) is 20.3 Å². The third kappa shape index (κ3) is 6.38. The van der Waals surface area contributed by atoms with Crippen molar-refractivity contribution in [3.05, 3.63) is 65.7 Å². The molecule has 1 saturated heterocycles.